The van der Waals surface area contributed by atoms with Gasteiger partial charge in [-0.2, -0.15) is 0 Å². The summed E-state index contributed by atoms with van der Waals surface area (Å²) in [5, 5.41) is 0. The molecule has 1 aliphatic rings. The zero-order valence-corrected chi connectivity index (χ0v) is 16.9. The first-order valence-electron chi connectivity index (χ1n) is 9.87. The molecule has 0 spiro atoms. The number of carbonyl (C=O) groups excluding carboxylic acids is 1. The number of nitrogens with zero attached hydrogens (tertiary/aromatic N) is 4. The summed E-state index contributed by atoms with van der Waals surface area (Å²) in [7, 11) is 0. The van der Waals surface area contributed by atoms with Crippen LogP contribution in [0.5, 0.6) is 0 Å². The third-order valence-electron chi connectivity index (χ3n) is 5.13. The minimum atomic E-state index is 0.0498. The Morgan fingerprint density at radius 2 is 1.78 bits per heavy atom. The smallest absolute Gasteiger partial charge is 0.225 e. The molecule has 2 heterocycles. The Hall–Kier alpha value is -2.43. The third kappa shape index (κ3) is 4.65. The fourth-order valence-corrected chi connectivity index (χ4v) is 3.70. The highest BCUT2D eigenvalue weighted by Gasteiger charge is 2.24. The van der Waals surface area contributed by atoms with Crippen molar-refractivity contribution in [2.45, 2.75) is 40.5 Å². The Morgan fingerprint density at radius 3 is 2.48 bits per heavy atom. The van der Waals surface area contributed by atoms with Gasteiger partial charge in [-0.3, -0.25) is 4.79 Å². The van der Waals surface area contributed by atoms with E-state index in [0.717, 1.165) is 56.4 Å². The standard InChI is InChI=1S/C22H30N4O/c1-16(2)22(27)26-12-8-11-25(13-14-26)21-20(17(3)23-18(4)24-21)15-19-9-6-5-7-10-19/h5-7,9-10,16H,8,11-15H2,1-4H3. The van der Waals surface area contributed by atoms with Gasteiger partial charge in [0.1, 0.15) is 11.6 Å². The minimum Gasteiger partial charge on any atom is -0.354 e. The molecule has 5 nitrogen and oxygen atoms in total. The van der Waals surface area contributed by atoms with E-state index in [1.165, 1.54) is 11.1 Å². The summed E-state index contributed by atoms with van der Waals surface area (Å²) in [6.07, 6.45) is 1.79. The lowest BCUT2D eigenvalue weighted by molar-refractivity contribution is -0.134. The predicted molar refractivity (Wildman–Crippen MR) is 109 cm³/mol. The number of hydrogen-bond acceptors (Lipinski definition) is 4. The van der Waals surface area contributed by atoms with Gasteiger partial charge in [-0.25, -0.2) is 9.97 Å². The van der Waals surface area contributed by atoms with Gasteiger partial charge in [-0.05, 0) is 25.8 Å². The highest BCUT2D eigenvalue weighted by Crippen LogP contribution is 2.25. The average molecular weight is 367 g/mol. The first-order valence-corrected chi connectivity index (χ1v) is 9.87. The van der Waals surface area contributed by atoms with E-state index in [-0.39, 0.29) is 11.8 Å². The van der Waals surface area contributed by atoms with Crippen LogP contribution in [0.4, 0.5) is 5.82 Å². The van der Waals surface area contributed by atoms with Gasteiger partial charge in [0.2, 0.25) is 5.91 Å². The van der Waals surface area contributed by atoms with Crippen molar-refractivity contribution < 1.29 is 4.79 Å². The summed E-state index contributed by atoms with van der Waals surface area (Å²) in [5.74, 6) is 2.13. The molecule has 1 amide bonds. The number of aryl methyl sites for hydroxylation is 2. The van der Waals surface area contributed by atoms with Crippen molar-refractivity contribution in [3.05, 3.63) is 53.0 Å². The van der Waals surface area contributed by atoms with Crippen LogP contribution in [-0.2, 0) is 11.2 Å². The second-order valence-electron chi connectivity index (χ2n) is 7.64. The number of rotatable bonds is 4. The molecule has 144 valence electrons. The van der Waals surface area contributed by atoms with E-state index in [4.69, 9.17) is 4.98 Å². The Kier molecular flexibility index (Phi) is 6.09. The first kappa shape index (κ1) is 19.3. The molecule has 0 saturated carbocycles. The predicted octanol–water partition coefficient (Wildman–Crippen LogP) is 3.38. The molecule has 0 bridgehead atoms. The quantitative estimate of drug-likeness (QED) is 0.832. The molecule has 0 radical (unpaired) electrons. The highest BCUT2D eigenvalue weighted by molar-refractivity contribution is 5.78. The third-order valence-corrected chi connectivity index (χ3v) is 5.13. The van der Waals surface area contributed by atoms with Crippen LogP contribution in [0.15, 0.2) is 30.3 Å². The number of benzene rings is 1. The monoisotopic (exact) mass is 366 g/mol. The van der Waals surface area contributed by atoms with Crippen molar-refractivity contribution >= 4 is 11.7 Å². The summed E-state index contributed by atoms with van der Waals surface area (Å²) < 4.78 is 0. The summed E-state index contributed by atoms with van der Waals surface area (Å²) in [4.78, 5) is 26.2. The van der Waals surface area contributed by atoms with Gasteiger partial charge in [0, 0.05) is 49.8 Å². The minimum absolute atomic E-state index is 0.0498. The maximum Gasteiger partial charge on any atom is 0.225 e. The van der Waals surface area contributed by atoms with Crippen LogP contribution < -0.4 is 4.90 Å². The van der Waals surface area contributed by atoms with Gasteiger partial charge in [0.15, 0.2) is 0 Å². The van der Waals surface area contributed by atoms with E-state index < -0.39 is 0 Å². The zero-order valence-electron chi connectivity index (χ0n) is 16.9. The molecule has 27 heavy (non-hydrogen) atoms. The van der Waals surface area contributed by atoms with E-state index in [1.54, 1.807) is 0 Å². The lowest BCUT2D eigenvalue weighted by Gasteiger charge is -2.26. The van der Waals surface area contributed by atoms with Crippen LogP contribution >= 0.6 is 0 Å². The molecule has 0 unspecified atom stereocenters. The summed E-state index contributed by atoms with van der Waals surface area (Å²) in [6, 6.07) is 10.5. The van der Waals surface area contributed by atoms with Gasteiger partial charge in [0.25, 0.3) is 0 Å². The van der Waals surface area contributed by atoms with Crippen molar-refractivity contribution in [2.75, 3.05) is 31.1 Å². The second-order valence-corrected chi connectivity index (χ2v) is 7.64. The van der Waals surface area contributed by atoms with Gasteiger partial charge >= 0.3 is 0 Å². The Bertz CT molecular complexity index is 788. The fourth-order valence-electron chi connectivity index (χ4n) is 3.70. The number of carbonyl (C=O) groups is 1. The van der Waals surface area contributed by atoms with Crippen LogP contribution in [0.3, 0.4) is 0 Å². The van der Waals surface area contributed by atoms with Gasteiger partial charge in [-0.15, -0.1) is 0 Å². The molecule has 1 saturated heterocycles. The van der Waals surface area contributed by atoms with Crippen LogP contribution in [0.1, 0.15) is 42.9 Å². The maximum atomic E-state index is 12.4. The van der Waals surface area contributed by atoms with Crippen LogP contribution in [-0.4, -0.2) is 47.0 Å². The Labute approximate surface area is 162 Å². The fraction of sp³-hybridized carbons (Fsp3) is 0.500. The molecule has 0 aliphatic carbocycles. The summed E-state index contributed by atoms with van der Waals surface area (Å²) >= 11 is 0. The number of anilines is 1. The van der Waals surface area contributed by atoms with E-state index in [9.17, 15) is 4.79 Å². The van der Waals surface area contributed by atoms with Crippen molar-refractivity contribution in [2.24, 2.45) is 5.92 Å². The van der Waals surface area contributed by atoms with Gasteiger partial charge in [-0.1, -0.05) is 44.2 Å². The van der Waals surface area contributed by atoms with Crippen molar-refractivity contribution in [3.8, 4) is 0 Å². The Balaban J connectivity index is 1.86. The van der Waals surface area contributed by atoms with E-state index >= 15 is 0 Å². The van der Waals surface area contributed by atoms with Crippen molar-refractivity contribution in [3.63, 3.8) is 0 Å². The van der Waals surface area contributed by atoms with Crippen LogP contribution in [0.2, 0.25) is 0 Å². The molecular formula is C22H30N4O. The largest absolute Gasteiger partial charge is 0.354 e. The van der Waals surface area contributed by atoms with Crippen LogP contribution in [0.25, 0.3) is 0 Å². The average Bonchev–Trinajstić information content (AvgIpc) is 2.90. The first-order chi connectivity index (χ1) is 13.0. The molecular weight excluding hydrogens is 336 g/mol. The van der Waals surface area contributed by atoms with E-state index in [0.29, 0.717) is 0 Å². The lowest BCUT2D eigenvalue weighted by Crippen LogP contribution is -2.37. The molecule has 0 atom stereocenters. The molecule has 1 aliphatic heterocycles. The van der Waals surface area contributed by atoms with Crippen molar-refractivity contribution in [1.82, 2.24) is 14.9 Å². The van der Waals surface area contributed by atoms with Crippen LogP contribution in [0, 0.1) is 19.8 Å². The number of aromatic nitrogens is 2. The normalized spacial score (nSPS) is 15.1. The van der Waals surface area contributed by atoms with E-state index in [2.05, 4.69) is 41.1 Å². The molecule has 2 aromatic rings. The SMILES string of the molecule is Cc1nc(C)c(Cc2ccccc2)c(N2CCCN(C(=O)C(C)C)CC2)n1. The molecule has 3 rings (SSSR count). The molecule has 5 heteroatoms. The number of hydrogen-bond donors (Lipinski definition) is 0. The van der Waals surface area contributed by atoms with Gasteiger partial charge in [0.05, 0.1) is 0 Å². The van der Waals surface area contributed by atoms with E-state index in [1.807, 2.05) is 31.7 Å². The number of amides is 1. The van der Waals surface area contributed by atoms with Gasteiger partial charge < -0.3 is 9.80 Å². The zero-order chi connectivity index (χ0) is 19.4. The summed E-state index contributed by atoms with van der Waals surface area (Å²) in [5.41, 5.74) is 3.50. The molecule has 1 aromatic heterocycles. The lowest BCUT2D eigenvalue weighted by atomic mass is 10.0. The maximum absolute atomic E-state index is 12.4. The molecule has 1 aromatic carbocycles. The second kappa shape index (κ2) is 8.51. The summed E-state index contributed by atoms with van der Waals surface area (Å²) in [6.45, 7) is 11.3. The topological polar surface area (TPSA) is 49.3 Å². The Morgan fingerprint density at radius 1 is 1.04 bits per heavy atom. The molecule has 0 N–H and O–H groups in total. The highest BCUT2D eigenvalue weighted by atomic mass is 16.2. The molecule has 1 fully saturated rings. The van der Waals surface area contributed by atoms with Crippen molar-refractivity contribution in [1.29, 1.82) is 0 Å².